The monoisotopic (exact) mass is 225 g/mol. The SMILES string of the molecule is CC.CC1=CCCC=C1.CNC(C)C(C)=O. The lowest BCUT2D eigenvalue weighted by atomic mass is 10.1. The van der Waals surface area contributed by atoms with Gasteiger partial charge in [0.1, 0.15) is 5.78 Å². The van der Waals surface area contributed by atoms with E-state index in [2.05, 4.69) is 30.5 Å². The van der Waals surface area contributed by atoms with Crippen molar-refractivity contribution in [2.75, 3.05) is 7.05 Å². The maximum Gasteiger partial charge on any atom is 0.146 e. The lowest BCUT2D eigenvalue weighted by Gasteiger charge is -2.01. The maximum absolute atomic E-state index is 10.3. The van der Waals surface area contributed by atoms with Crippen molar-refractivity contribution in [3.8, 4) is 0 Å². The van der Waals surface area contributed by atoms with Crippen LogP contribution >= 0.6 is 0 Å². The molecule has 0 heterocycles. The van der Waals surface area contributed by atoms with Crippen LogP contribution in [0.15, 0.2) is 23.8 Å². The van der Waals surface area contributed by atoms with Crippen LogP contribution in [0.4, 0.5) is 0 Å². The Kier molecular flexibility index (Phi) is 13.3. The average Bonchev–Trinajstić information content (AvgIpc) is 2.32. The van der Waals surface area contributed by atoms with Gasteiger partial charge in [-0.2, -0.15) is 0 Å². The number of carbonyl (C=O) groups excluding carboxylic acids is 1. The number of hydrogen-bond donors (Lipinski definition) is 1. The van der Waals surface area contributed by atoms with Crippen molar-refractivity contribution < 1.29 is 4.79 Å². The van der Waals surface area contributed by atoms with Crippen molar-refractivity contribution in [1.82, 2.24) is 5.32 Å². The number of ketones is 1. The van der Waals surface area contributed by atoms with Gasteiger partial charge < -0.3 is 5.32 Å². The van der Waals surface area contributed by atoms with E-state index < -0.39 is 0 Å². The largest absolute Gasteiger partial charge is 0.311 e. The average molecular weight is 225 g/mol. The fourth-order valence-electron chi connectivity index (χ4n) is 0.948. The molecule has 0 radical (unpaired) electrons. The molecule has 0 aliphatic heterocycles. The zero-order valence-electron chi connectivity index (χ0n) is 11.6. The Morgan fingerprint density at radius 2 is 1.94 bits per heavy atom. The molecule has 0 fully saturated rings. The molecule has 1 aliphatic rings. The van der Waals surface area contributed by atoms with Gasteiger partial charge in [-0.05, 0) is 40.7 Å². The van der Waals surface area contributed by atoms with Crippen LogP contribution in [-0.4, -0.2) is 18.9 Å². The molecular formula is C14H27NO. The first kappa shape index (κ1) is 17.5. The molecule has 1 unspecified atom stereocenters. The smallest absolute Gasteiger partial charge is 0.146 e. The highest BCUT2D eigenvalue weighted by Gasteiger charge is 2.00. The Bertz CT molecular complexity index is 229. The van der Waals surface area contributed by atoms with Gasteiger partial charge in [0.15, 0.2) is 0 Å². The third-order valence-electron chi connectivity index (χ3n) is 2.22. The fourth-order valence-corrected chi connectivity index (χ4v) is 0.948. The summed E-state index contributed by atoms with van der Waals surface area (Å²) in [5, 5.41) is 2.81. The second kappa shape index (κ2) is 12.2. The Balaban J connectivity index is 0. The Hall–Kier alpha value is -0.890. The Morgan fingerprint density at radius 1 is 1.38 bits per heavy atom. The number of carbonyl (C=O) groups is 1. The molecule has 1 rings (SSSR count). The first-order valence-electron chi connectivity index (χ1n) is 6.09. The topological polar surface area (TPSA) is 29.1 Å². The van der Waals surface area contributed by atoms with Crippen molar-refractivity contribution in [2.24, 2.45) is 0 Å². The molecule has 0 saturated carbocycles. The van der Waals surface area contributed by atoms with Crippen LogP contribution in [0.5, 0.6) is 0 Å². The summed E-state index contributed by atoms with van der Waals surface area (Å²) in [6, 6.07) is 0.0139. The molecule has 2 heteroatoms. The summed E-state index contributed by atoms with van der Waals surface area (Å²) in [7, 11) is 1.77. The van der Waals surface area contributed by atoms with Gasteiger partial charge in [0.25, 0.3) is 0 Å². The van der Waals surface area contributed by atoms with E-state index in [9.17, 15) is 4.79 Å². The van der Waals surface area contributed by atoms with Gasteiger partial charge in [-0.15, -0.1) is 0 Å². The molecule has 0 amide bonds. The molecule has 1 aliphatic carbocycles. The van der Waals surface area contributed by atoms with Gasteiger partial charge >= 0.3 is 0 Å². The van der Waals surface area contributed by atoms with Crippen molar-refractivity contribution in [3.05, 3.63) is 23.8 Å². The van der Waals surface area contributed by atoms with Gasteiger partial charge in [-0.3, -0.25) is 4.79 Å². The summed E-state index contributed by atoms with van der Waals surface area (Å²) >= 11 is 0. The zero-order chi connectivity index (χ0) is 13.0. The van der Waals surface area contributed by atoms with Gasteiger partial charge in [0.05, 0.1) is 6.04 Å². The molecule has 0 aromatic rings. The minimum Gasteiger partial charge on any atom is -0.311 e. The van der Waals surface area contributed by atoms with Crippen LogP contribution in [0, 0.1) is 0 Å². The normalized spacial score (nSPS) is 14.8. The molecule has 0 spiro atoms. The quantitative estimate of drug-likeness (QED) is 0.779. The van der Waals surface area contributed by atoms with Crippen LogP contribution in [0.25, 0.3) is 0 Å². The summed E-state index contributed by atoms with van der Waals surface area (Å²) in [6.07, 6.45) is 9.12. The molecule has 16 heavy (non-hydrogen) atoms. The van der Waals surface area contributed by atoms with Crippen molar-refractivity contribution in [3.63, 3.8) is 0 Å². The Labute approximate surface area is 101 Å². The highest BCUT2D eigenvalue weighted by Crippen LogP contribution is 2.06. The summed E-state index contributed by atoms with van der Waals surface area (Å²) < 4.78 is 0. The number of allylic oxidation sites excluding steroid dienone is 4. The van der Waals surface area contributed by atoms with Crippen LogP contribution < -0.4 is 5.32 Å². The van der Waals surface area contributed by atoms with E-state index in [0.717, 1.165) is 0 Å². The minimum absolute atomic E-state index is 0.0139. The molecule has 0 bridgehead atoms. The third-order valence-corrected chi connectivity index (χ3v) is 2.22. The van der Waals surface area contributed by atoms with Gasteiger partial charge in [-0.1, -0.05) is 37.6 Å². The highest BCUT2D eigenvalue weighted by molar-refractivity contribution is 5.80. The highest BCUT2D eigenvalue weighted by atomic mass is 16.1. The van der Waals surface area contributed by atoms with Crippen LogP contribution in [-0.2, 0) is 4.79 Å². The van der Waals surface area contributed by atoms with Crippen molar-refractivity contribution in [2.45, 2.75) is 53.5 Å². The molecule has 0 aromatic heterocycles. The standard InChI is InChI=1S/C7H10.C5H11NO.C2H6/c1-7-5-3-2-4-6-7;1-4(6-3)5(2)7;1-2/h3,5-6H,2,4H2,1H3;4,6H,1-3H3;1-2H3. The first-order valence-corrected chi connectivity index (χ1v) is 6.09. The van der Waals surface area contributed by atoms with E-state index in [4.69, 9.17) is 0 Å². The lowest BCUT2D eigenvalue weighted by molar-refractivity contribution is -0.118. The molecule has 0 saturated heterocycles. The molecular weight excluding hydrogens is 198 g/mol. The Morgan fingerprint density at radius 3 is 2.06 bits per heavy atom. The van der Waals surface area contributed by atoms with Gasteiger partial charge in [-0.25, -0.2) is 0 Å². The zero-order valence-corrected chi connectivity index (χ0v) is 11.6. The number of likely N-dealkylation sites (N-methyl/N-ethyl adjacent to an activating group) is 1. The van der Waals surface area contributed by atoms with Crippen LogP contribution in [0.2, 0.25) is 0 Å². The van der Waals surface area contributed by atoms with Crippen LogP contribution in [0.3, 0.4) is 0 Å². The minimum atomic E-state index is 0.0139. The van der Waals surface area contributed by atoms with Gasteiger partial charge in [0.2, 0.25) is 0 Å². The fraction of sp³-hybridized carbons (Fsp3) is 0.643. The molecule has 1 atom stereocenters. The second-order valence-electron chi connectivity index (χ2n) is 3.55. The molecule has 0 aromatic carbocycles. The maximum atomic E-state index is 10.3. The predicted molar refractivity (Wildman–Crippen MR) is 72.7 cm³/mol. The van der Waals surface area contributed by atoms with Crippen molar-refractivity contribution in [1.29, 1.82) is 0 Å². The summed E-state index contributed by atoms with van der Waals surface area (Å²) in [5.74, 6) is 0.183. The van der Waals surface area contributed by atoms with E-state index in [1.54, 1.807) is 14.0 Å². The van der Waals surface area contributed by atoms with Crippen molar-refractivity contribution >= 4 is 5.78 Å². The van der Waals surface area contributed by atoms with Crippen LogP contribution in [0.1, 0.15) is 47.5 Å². The predicted octanol–water partition coefficient (Wildman–Crippen LogP) is 3.49. The van der Waals surface area contributed by atoms with E-state index in [1.807, 2.05) is 20.8 Å². The number of rotatable bonds is 2. The number of nitrogens with one attached hydrogen (secondary N) is 1. The molecule has 94 valence electrons. The summed E-state index contributed by atoms with van der Waals surface area (Å²) in [5.41, 5.74) is 1.41. The third kappa shape index (κ3) is 11.2. The van der Waals surface area contributed by atoms with E-state index in [-0.39, 0.29) is 11.8 Å². The summed E-state index contributed by atoms with van der Waals surface area (Å²) in [6.45, 7) is 9.54. The van der Waals surface area contributed by atoms with E-state index in [0.29, 0.717) is 0 Å². The van der Waals surface area contributed by atoms with E-state index in [1.165, 1.54) is 18.4 Å². The molecule has 1 N–H and O–H groups in total. The van der Waals surface area contributed by atoms with E-state index >= 15 is 0 Å². The molecule has 2 nitrogen and oxygen atoms in total. The first-order chi connectivity index (χ1) is 7.57. The second-order valence-corrected chi connectivity index (χ2v) is 3.55. The van der Waals surface area contributed by atoms with Gasteiger partial charge in [0, 0.05) is 0 Å². The number of Topliss-reactive ketones (excluding diaryl/α,β-unsaturated/α-hetero) is 1. The number of hydrogen-bond acceptors (Lipinski definition) is 2. The lowest BCUT2D eigenvalue weighted by Crippen LogP contribution is -2.28. The summed E-state index contributed by atoms with van der Waals surface area (Å²) in [4.78, 5) is 10.3.